The normalized spacial score (nSPS) is 11.0. The van der Waals surface area contributed by atoms with Crippen LogP contribution in [0.25, 0.3) is 11.4 Å². The van der Waals surface area contributed by atoms with Crippen LogP contribution in [-0.2, 0) is 20.0 Å². The molecular formula is C18H21N5O. The van der Waals surface area contributed by atoms with Crippen LogP contribution in [0.2, 0.25) is 0 Å². The zero-order valence-electron chi connectivity index (χ0n) is 14.4. The van der Waals surface area contributed by atoms with Gasteiger partial charge in [-0.2, -0.15) is 4.80 Å². The molecule has 0 N–H and O–H groups in total. The second-order valence-corrected chi connectivity index (χ2v) is 5.96. The minimum absolute atomic E-state index is 0.0125. The summed E-state index contributed by atoms with van der Waals surface area (Å²) in [6.45, 7) is 6.12. The van der Waals surface area contributed by atoms with Gasteiger partial charge in [0.25, 0.3) is 0 Å². The van der Waals surface area contributed by atoms with Crippen LogP contribution in [0.1, 0.15) is 34.2 Å². The van der Waals surface area contributed by atoms with E-state index in [1.54, 1.807) is 0 Å². The molecule has 0 amide bonds. The number of hydrogen-bond acceptors (Lipinski definition) is 4. The first-order chi connectivity index (χ1) is 11.5. The van der Waals surface area contributed by atoms with Gasteiger partial charge in [-0.3, -0.25) is 4.79 Å². The van der Waals surface area contributed by atoms with E-state index in [4.69, 9.17) is 0 Å². The fourth-order valence-corrected chi connectivity index (χ4v) is 2.67. The molecule has 0 saturated carbocycles. The Balaban J connectivity index is 1.78. The van der Waals surface area contributed by atoms with Crippen molar-refractivity contribution in [3.8, 4) is 11.4 Å². The van der Waals surface area contributed by atoms with Gasteiger partial charge in [-0.25, -0.2) is 0 Å². The summed E-state index contributed by atoms with van der Waals surface area (Å²) < 4.78 is 2.00. The summed E-state index contributed by atoms with van der Waals surface area (Å²) in [5, 5.41) is 12.4. The average Bonchev–Trinajstić information content (AvgIpc) is 3.15. The second-order valence-electron chi connectivity index (χ2n) is 5.96. The number of aryl methyl sites for hydroxylation is 2. The Morgan fingerprint density at radius 3 is 2.46 bits per heavy atom. The van der Waals surface area contributed by atoms with E-state index in [0.29, 0.717) is 11.4 Å². The van der Waals surface area contributed by atoms with Gasteiger partial charge in [0, 0.05) is 29.6 Å². The molecule has 3 aromatic rings. The Kier molecular flexibility index (Phi) is 4.29. The number of hydrogen-bond donors (Lipinski definition) is 0. The summed E-state index contributed by atoms with van der Waals surface area (Å²) in [6, 6.07) is 9.97. The molecule has 0 spiro atoms. The third-order valence-electron chi connectivity index (χ3n) is 4.43. The number of tetrazole rings is 1. The van der Waals surface area contributed by atoms with Crippen LogP contribution in [0.5, 0.6) is 0 Å². The van der Waals surface area contributed by atoms with Crippen LogP contribution in [-0.4, -0.2) is 30.6 Å². The number of benzene rings is 1. The first kappa shape index (κ1) is 16.1. The van der Waals surface area contributed by atoms with Crippen molar-refractivity contribution < 1.29 is 4.79 Å². The Hall–Kier alpha value is -2.76. The lowest BCUT2D eigenvalue weighted by Gasteiger charge is -2.01. The first-order valence-electron chi connectivity index (χ1n) is 8.02. The minimum atomic E-state index is -0.0125. The van der Waals surface area contributed by atoms with Gasteiger partial charge in [-0.1, -0.05) is 31.2 Å². The van der Waals surface area contributed by atoms with Gasteiger partial charge < -0.3 is 4.57 Å². The van der Waals surface area contributed by atoms with Gasteiger partial charge in [0.1, 0.15) is 6.54 Å². The molecule has 2 heterocycles. The van der Waals surface area contributed by atoms with Gasteiger partial charge in [0.05, 0.1) is 0 Å². The van der Waals surface area contributed by atoms with E-state index in [2.05, 4.69) is 34.5 Å². The summed E-state index contributed by atoms with van der Waals surface area (Å²) >= 11 is 0. The maximum absolute atomic E-state index is 12.5. The summed E-state index contributed by atoms with van der Waals surface area (Å²) in [4.78, 5) is 13.8. The van der Waals surface area contributed by atoms with Gasteiger partial charge in [0.2, 0.25) is 5.82 Å². The molecule has 6 nitrogen and oxygen atoms in total. The number of nitrogens with zero attached hydrogens (tertiary/aromatic N) is 5. The monoisotopic (exact) mass is 323 g/mol. The number of ketones is 1. The summed E-state index contributed by atoms with van der Waals surface area (Å²) in [7, 11) is 1.95. The van der Waals surface area contributed by atoms with Crippen molar-refractivity contribution in [1.29, 1.82) is 0 Å². The molecule has 24 heavy (non-hydrogen) atoms. The summed E-state index contributed by atoms with van der Waals surface area (Å²) in [6.07, 6.45) is 0.991. The van der Waals surface area contributed by atoms with Crippen molar-refractivity contribution in [2.24, 2.45) is 7.05 Å². The van der Waals surface area contributed by atoms with Crippen LogP contribution < -0.4 is 0 Å². The highest BCUT2D eigenvalue weighted by Crippen LogP contribution is 2.16. The molecule has 0 aliphatic rings. The van der Waals surface area contributed by atoms with Crippen molar-refractivity contribution in [3.05, 3.63) is 52.8 Å². The molecule has 0 bridgehead atoms. The third kappa shape index (κ3) is 2.99. The van der Waals surface area contributed by atoms with E-state index >= 15 is 0 Å². The number of Topliss-reactive ketones (excluding diaryl/α,β-unsaturated/α-hetero) is 1. The molecule has 3 rings (SSSR count). The van der Waals surface area contributed by atoms with Gasteiger partial charge in [0.15, 0.2) is 5.78 Å². The van der Waals surface area contributed by atoms with E-state index in [1.165, 1.54) is 10.4 Å². The highest BCUT2D eigenvalue weighted by atomic mass is 16.1. The topological polar surface area (TPSA) is 65.6 Å². The van der Waals surface area contributed by atoms with E-state index < -0.39 is 0 Å². The van der Waals surface area contributed by atoms with Gasteiger partial charge in [-0.05, 0) is 37.1 Å². The highest BCUT2D eigenvalue weighted by molar-refractivity contribution is 5.97. The van der Waals surface area contributed by atoms with Crippen LogP contribution in [0.3, 0.4) is 0 Å². The fraction of sp³-hybridized carbons (Fsp3) is 0.333. The number of aromatic nitrogens is 5. The quantitative estimate of drug-likeness (QED) is 0.677. The van der Waals surface area contributed by atoms with Gasteiger partial charge in [-0.15, -0.1) is 10.2 Å². The molecule has 0 unspecified atom stereocenters. The van der Waals surface area contributed by atoms with Crippen molar-refractivity contribution in [3.63, 3.8) is 0 Å². The molecule has 0 radical (unpaired) electrons. The van der Waals surface area contributed by atoms with E-state index in [9.17, 15) is 4.79 Å². The molecular weight excluding hydrogens is 302 g/mol. The fourth-order valence-electron chi connectivity index (χ4n) is 2.67. The Morgan fingerprint density at radius 2 is 1.88 bits per heavy atom. The summed E-state index contributed by atoms with van der Waals surface area (Å²) in [5.41, 5.74) is 4.88. The molecule has 0 aliphatic carbocycles. The maximum atomic E-state index is 12.5. The zero-order chi connectivity index (χ0) is 17.3. The van der Waals surface area contributed by atoms with E-state index in [1.807, 2.05) is 43.7 Å². The van der Waals surface area contributed by atoms with Crippen LogP contribution in [0.4, 0.5) is 0 Å². The predicted octanol–water partition coefficient (Wildman–Crippen LogP) is 2.74. The third-order valence-corrected chi connectivity index (χ3v) is 4.43. The summed E-state index contributed by atoms with van der Waals surface area (Å²) in [5.74, 6) is 0.521. The number of carbonyl (C=O) groups is 1. The standard InChI is InChI=1S/C18H21N5O/c1-5-14-6-8-15(9-7-14)18-19-21-23(20-18)11-17(24)16-10-12(2)22(4)13(16)3/h6-10H,5,11H2,1-4H3. The predicted molar refractivity (Wildman–Crippen MR) is 91.8 cm³/mol. The maximum Gasteiger partial charge on any atom is 0.204 e. The lowest BCUT2D eigenvalue weighted by molar-refractivity contribution is 0.0960. The molecule has 2 aromatic heterocycles. The van der Waals surface area contributed by atoms with Crippen molar-refractivity contribution in [2.45, 2.75) is 33.7 Å². The molecule has 0 fully saturated rings. The number of rotatable bonds is 5. The molecule has 0 atom stereocenters. The van der Waals surface area contributed by atoms with Crippen molar-refractivity contribution in [2.75, 3.05) is 0 Å². The first-order valence-corrected chi connectivity index (χ1v) is 8.02. The Bertz CT molecular complexity index is 873. The molecule has 1 aromatic carbocycles. The molecule has 0 aliphatic heterocycles. The molecule has 0 saturated heterocycles. The SMILES string of the molecule is CCc1ccc(-c2nnn(CC(=O)c3cc(C)n(C)c3C)n2)cc1. The van der Waals surface area contributed by atoms with Crippen LogP contribution in [0.15, 0.2) is 30.3 Å². The molecule has 6 heteroatoms. The van der Waals surface area contributed by atoms with Crippen molar-refractivity contribution >= 4 is 5.78 Å². The minimum Gasteiger partial charge on any atom is -0.351 e. The smallest absolute Gasteiger partial charge is 0.204 e. The van der Waals surface area contributed by atoms with Crippen LogP contribution >= 0.6 is 0 Å². The zero-order valence-corrected chi connectivity index (χ0v) is 14.4. The highest BCUT2D eigenvalue weighted by Gasteiger charge is 2.16. The Labute approximate surface area is 141 Å². The van der Waals surface area contributed by atoms with Gasteiger partial charge >= 0.3 is 0 Å². The van der Waals surface area contributed by atoms with Crippen molar-refractivity contribution in [1.82, 2.24) is 24.8 Å². The Morgan fingerprint density at radius 1 is 1.17 bits per heavy atom. The van der Waals surface area contributed by atoms with Crippen LogP contribution in [0, 0.1) is 13.8 Å². The van der Waals surface area contributed by atoms with E-state index in [0.717, 1.165) is 23.4 Å². The molecule has 124 valence electrons. The largest absolute Gasteiger partial charge is 0.351 e. The second kappa shape index (κ2) is 6.39. The average molecular weight is 323 g/mol. The lowest BCUT2D eigenvalue weighted by Crippen LogP contribution is -2.14. The van der Waals surface area contributed by atoms with E-state index in [-0.39, 0.29) is 12.3 Å². The lowest BCUT2D eigenvalue weighted by atomic mass is 10.1. The number of carbonyl (C=O) groups excluding carboxylic acids is 1.